The van der Waals surface area contributed by atoms with Crippen LogP contribution in [0.15, 0.2) is 24.3 Å². The van der Waals surface area contributed by atoms with E-state index in [4.69, 9.17) is 8.85 Å². The van der Waals surface area contributed by atoms with Crippen molar-refractivity contribution in [1.29, 1.82) is 0 Å². The molecule has 0 spiro atoms. The van der Waals surface area contributed by atoms with Crippen molar-refractivity contribution in [1.82, 2.24) is 0 Å². The van der Waals surface area contributed by atoms with Gasteiger partial charge in [-0.15, -0.1) is 0 Å². The van der Waals surface area contributed by atoms with Crippen LogP contribution in [0.3, 0.4) is 0 Å². The van der Waals surface area contributed by atoms with Crippen LogP contribution in [0.2, 0.25) is 0 Å². The third-order valence-electron chi connectivity index (χ3n) is 2.92. The molecule has 2 rings (SSSR count). The van der Waals surface area contributed by atoms with Gasteiger partial charge in [-0.05, 0) is 34.6 Å². The van der Waals surface area contributed by atoms with Crippen LogP contribution >= 0.6 is 0 Å². The highest BCUT2D eigenvalue weighted by Crippen LogP contribution is 2.39. The van der Waals surface area contributed by atoms with Gasteiger partial charge in [-0.2, -0.15) is 0 Å². The molecule has 2 nitrogen and oxygen atoms in total. The molecular weight excluding hydrogens is 231 g/mol. The average molecular weight is 251 g/mol. The first-order valence-electron chi connectivity index (χ1n) is 7.14. The molecule has 0 bridgehead atoms. The molecule has 0 amide bonds. The Morgan fingerprint density at radius 3 is 2.61 bits per heavy atom. The third kappa shape index (κ3) is 2.01. The van der Waals surface area contributed by atoms with Gasteiger partial charge in [-0.25, -0.2) is 4.39 Å². The van der Waals surface area contributed by atoms with Crippen LogP contribution in [-0.4, -0.2) is 12.1 Å². The van der Waals surface area contributed by atoms with Crippen molar-refractivity contribution in [3.05, 3.63) is 35.6 Å². The summed E-state index contributed by atoms with van der Waals surface area (Å²) in [6, 6.07) is 5.59. The topological polar surface area (TPSA) is 29.5 Å². The van der Waals surface area contributed by atoms with Crippen molar-refractivity contribution >= 4 is 10.8 Å². The molecule has 2 aromatic rings. The van der Waals surface area contributed by atoms with Crippen molar-refractivity contribution in [2.24, 2.45) is 0 Å². The molecule has 18 heavy (non-hydrogen) atoms. The van der Waals surface area contributed by atoms with E-state index in [1.54, 1.807) is 0 Å². The highest BCUT2D eigenvalue weighted by molar-refractivity contribution is 5.93. The summed E-state index contributed by atoms with van der Waals surface area (Å²) >= 11 is 0. The first kappa shape index (κ1) is 9.20. The molecule has 0 unspecified atom stereocenters. The molecule has 0 saturated carbocycles. The van der Waals surface area contributed by atoms with Crippen LogP contribution in [0.5, 0.6) is 11.5 Å². The van der Waals surface area contributed by atoms with Crippen LogP contribution < -0.4 is 4.74 Å². The smallest absolute Gasteiger partial charge is 0.165 e. The molecule has 0 saturated heterocycles. The molecule has 0 radical (unpaired) electrons. The summed E-state index contributed by atoms with van der Waals surface area (Å²) in [5.41, 5.74) is 0.203. The first-order chi connectivity index (χ1) is 9.49. The second-order valence-corrected chi connectivity index (χ2v) is 5.32. The fourth-order valence-electron chi connectivity index (χ4n) is 2.08. The van der Waals surface area contributed by atoms with E-state index >= 15 is 0 Å². The van der Waals surface area contributed by atoms with Crippen LogP contribution in [0.25, 0.3) is 10.8 Å². The van der Waals surface area contributed by atoms with Crippen LogP contribution in [0, 0.1) is 5.82 Å². The molecule has 0 aliphatic carbocycles. The van der Waals surface area contributed by atoms with Gasteiger partial charge < -0.3 is 9.84 Å². The largest absolute Gasteiger partial charge is 0.508 e. The highest BCUT2D eigenvalue weighted by atomic mass is 19.1. The zero-order valence-electron chi connectivity index (χ0n) is 13.5. The average Bonchev–Trinajstić information content (AvgIpc) is 2.29. The predicted octanol–water partition coefficient (Wildman–Crippen LogP) is 3.99. The number of fused-ring (bicyclic) bond motifs is 1. The van der Waals surface area contributed by atoms with Crippen LogP contribution in [-0.2, 0) is 5.41 Å². The number of rotatable bonds is 1. The van der Waals surface area contributed by atoms with Crippen molar-refractivity contribution in [3.63, 3.8) is 0 Å². The minimum atomic E-state index is -2.75. The van der Waals surface area contributed by atoms with Gasteiger partial charge in [-0.3, -0.25) is 0 Å². The highest BCUT2D eigenvalue weighted by Gasteiger charge is 2.22. The van der Waals surface area contributed by atoms with Crippen molar-refractivity contribution in [2.45, 2.75) is 26.2 Å². The molecule has 0 aliphatic rings. The maximum Gasteiger partial charge on any atom is 0.165 e. The number of aromatic hydroxyl groups is 1. The Hall–Kier alpha value is -1.77. The first-order valence-corrected chi connectivity index (χ1v) is 5.64. The number of hydrogen-bond donors (Lipinski definition) is 1. The van der Waals surface area contributed by atoms with Gasteiger partial charge >= 0.3 is 0 Å². The lowest BCUT2D eigenvalue weighted by Gasteiger charge is -2.23. The molecule has 96 valence electrons. The number of methoxy groups -OCH3 is 1. The van der Waals surface area contributed by atoms with Crippen LogP contribution in [0.4, 0.5) is 4.39 Å². The van der Waals surface area contributed by atoms with Gasteiger partial charge in [0.15, 0.2) is 11.6 Å². The Labute approximate surface area is 110 Å². The minimum absolute atomic E-state index is 0.0406. The predicted molar refractivity (Wildman–Crippen MR) is 70.8 cm³/mol. The van der Waals surface area contributed by atoms with Gasteiger partial charge in [0, 0.05) is 5.39 Å². The normalized spacial score (nSPS) is 15.0. The fourth-order valence-corrected chi connectivity index (χ4v) is 2.08. The number of halogens is 1. The summed E-state index contributed by atoms with van der Waals surface area (Å²) in [7, 11) is -2.75. The quantitative estimate of drug-likeness (QED) is 0.830. The van der Waals surface area contributed by atoms with Gasteiger partial charge in [0.2, 0.25) is 0 Å². The number of benzene rings is 2. The second kappa shape index (κ2) is 4.16. The number of ether oxygens (including phenoxy) is 1. The summed E-state index contributed by atoms with van der Waals surface area (Å²) in [4.78, 5) is 0. The van der Waals surface area contributed by atoms with E-state index in [9.17, 15) is 9.50 Å². The summed E-state index contributed by atoms with van der Waals surface area (Å²) in [5.74, 6) is -1.01. The zero-order chi connectivity index (χ0) is 16.0. The Bertz CT molecular complexity index is 688. The standard InChI is InChI=1S/C15H17FO2/c1-15(2,3)11-8-10(17)7-9-5-6-12(16)14(18-4)13(9)11/h5-8,17H,1-4H3/i4D3. The van der Waals surface area contributed by atoms with E-state index in [0.29, 0.717) is 16.3 Å². The number of phenols is 1. The molecule has 0 heterocycles. The maximum absolute atomic E-state index is 14.1. The lowest BCUT2D eigenvalue weighted by molar-refractivity contribution is 0.391. The summed E-state index contributed by atoms with van der Waals surface area (Å²) in [6.45, 7) is 5.68. The van der Waals surface area contributed by atoms with E-state index < -0.39 is 18.3 Å². The van der Waals surface area contributed by atoms with E-state index in [2.05, 4.69) is 0 Å². The summed E-state index contributed by atoms with van der Waals surface area (Å²) < 4.78 is 40.6. The SMILES string of the molecule is [2H]C([2H])([2H])Oc1c(F)ccc2cc(O)cc(C(C)(C)C)c12. The zero-order valence-corrected chi connectivity index (χ0v) is 10.5. The second-order valence-electron chi connectivity index (χ2n) is 5.32. The van der Waals surface area contributed by atoms with Gasteiger partial charge in [0.25, 0.3) is 0 Å². The maximum atomic E-state index is 14.1. The van der Waals surface area contributed by atoms with E-state index in [1.807, 2.05) is 20.8 Å². The van der Waals surface area contributed by atoms with Gasteiger partial charge in [-0.1, -0.05) is 26.8 Å². The lowest BCUT2D eigenvalue weighted by Crippen LogP contribution is -2.12. The lowest BCUT2D eigenvalue weighted by atomic mass is 9.83. The summed E-state index contributed by atoms with van der Waals surface area (Å²) in [5, 5.41) is 10.7. The van der Waals surface area contributed by atoms with Crippen LogP contribution in [0.1, 0.15) is 30.4 Å². The molecule has 0 aromatic heterocycles. The number of hydrogen-bond acceptors (Lipinski definition) is 2. The fraction of sp³-hybridized carbons (Fsp3) is 0.333. The monoisotopic (exact) mass is 251 g/mol. The Morgan fingerprint density at radius 1 is 1.28 bits per heavy atom. The Kier molecular flexibility index (Phi) is 2.13. The molecule has 1 N–H and O–H groups in total. The minimum Gasteiger partial charge on any atom is -0.508 e. The Morgan fingerprint density at radius 2 is 2.00 bits per heavy atom. The molecule has 0 fully saturated rings. The van der Waals surface area contributed by atoms with E-state index in [-0.39, 0.29) is 11.5 Å². The van der Waals surface area contributed by atoms with Gasteiger partial charge in [0.1, 0.15) is 5.75 Å². The van der Waals surface area contributed by atoms with E-state index in [0.717, 1.165) is 6.07 Å². The molecule has 0 atom stereocenters. The van der Waals surface area contributed by atoms with Gasteiger partial charge in [0.05, 0.1) is 11.2 Å². The molecule has 3 heteroatoms. The van der Waals surface area contributed by atoms with Crippen molar-refractivity contribution in [2.75, 3.05) is 7.04 Å². The third-order valence-corrected chi connectivity index (χ3v) is 2.92. The number of phenolic OH excluding ortho intramolecular Hbond substituents is 1. The van der Waals surface area contributed by atoms with E-state index in [1.165, 1.54) is 18.2 Å². The van der Waals surface area contributed by atoms with Crippen molar-refractivity contribution in [3.8, 4) is 11.5 Å². The summed E-state index contributed by atoms with van der Waals surface area (Å²) in [6.07, 6.45) is 0. The molecular formula is C15H17FO2. The molecule has 0 aliphatic heterocycles. The Balaban J connectivity index is 2.87. The molecule has 2 aromatic carbocycles. The van der Waals surface area contributed by atoms with Crippen molar-refractivity contribution < 1.29 is 18.3 Å².